The lowest BCUT2D eigenvalue weighted by Crippen LogP contribution is -2.48. The maximum absolute atomic E-state index is 13.2. The number of nitrogens with one attached hydrogen (secondary N) is 1. The second-order valence-electron chi connectivity index (χ2n) is 7.87. The quantitative estimate of drug-likeness (QED) is 0.794. The summed E-state index contributed by atoms with van der Waals surface area (Å²) in [6, 6.07) is 16.1. The van der Waals surface area contributed by atoms with Gasteiger partial charge in [-0.15, -0.1) is 0 Å². The molecule has 2 aliphatic heterocycles. The average Bonchev–Trinajstić information content (AvgIpc) is 3.31. The third kappa shape index (κ3) is 1.94. The van der Waals surface area contributed by atoms with Crippen LogP contribution in [0.1, 0.15) is 30.4 Å². The topological polar surface area (TPSA) is 50.7 Å². The van der Waals surface area contributed by atoms with E-state index < -0.39 is 5.41 Å². The number of hydrogen-bond acceptors (Lipinski definition) is 4. The molecule has 1 unspecified atom stereocenters. The van der Waals surface area contributed by atoms with Crippen LogP contribution >= 0.6 is 11.6 Å². The number of aliphatic imine (C=N–C) groups is 1. The Balaban J connectivity index is 1.77. The number of nitrogens with zero attached hydrogens (tertiary/aromatic N) is 1. The molecule has 3 aliphatic rings. The first-order valence-electron chi connectivity index (χ1n) is 9.28. The molecule has 4 atom stereocenters. The van der Waals surface area contributed by atoms with Gasteiger partial charge in [0.1, 0.15) is 0 Å². The first-order valence-corrected chi connectivity index (χ1v) is 9.66. The zero-order valence-electron chi connectivity index (χ0n) is 15.3. The Kier molecular flexibility index (Phi) is 3.48. The largest absolute Gasteiger partial charge is 0.469 e. The number of para-hydroxylation sites is 1. The van der Waals surface area contributed by atoms with Gasteiger partial charge in [-0.2, -0.15) is 0 Å². The predicted octanol–water partition coefficient (Wildman–Crippen LogP) is 4.19. The van der Waals surface area contributed by atoms with Crippen LogP contribution in [-0.4, -0.2) is 31.4 Å². The molecule has 2 heterocycles. The van der Waals surface area contributed by atoms with Crippen LogP contribution in [0.25, 0.3) is 0 Å². The highest BCUT2D eigenvalue weighted by Crippen LogP contribution is 2.64. The molecule has 1 fully saturated rings. The number of carbonyl (C=O) groups is 1. The molecule has 27 heavy (non-hydrogen) atoms. The molecule has 2 aromatic carbocycles. The number of esters is 1. The summed E-state index contributed by atoms with van der Waals surface area (Å²) in [5, 5.41) is 4.35. The van der Waals surface area contributed by atoms with Crippen LogP contribution in [0.2, 0.25) is 5.02 Å². The van der Waals surface area contributed by atoms with Crippen LogP contribution in [0, 0.1) is 5.41 Å². The van der Waals surface area contributed by atoms with Gasteiger partial charge in [-0.3, -0.25) is 9.79 Å². The van der Waals surface area contributed by atoms with Gasteiger partial charge < -0.3 is 10.1 Å². The number of benzene rings is 2. The van der Waals surface area contributed by atoms with E-state index in [2.05, 4.69) is 23.5 Å². The molecule has 5 rings (SSSR count). The Labute approximate surface area is 163 Å². The van der Waals surface area contributed by atoms with Gasteiger partial charge in [-0.05, 0) is 42.7 Å². The zero-order chi connectivity index (χ0) is 18.8. The second kappa shape index (κ2) is 5.59. The van der Waals surface area contributed by atoms with Gasteiger partial charge in [0, 0.05) is 28.9 Å². The van der Waals surface area contributed by atoms with E-state index >= 15 is 0 Å². The summed E-state index contributed by atoms with van der Waals surface area (Å²) in [7, 11) is 1.47. The highest BCUT2D eigenvalue weighted by atomic mass is 35.5. The minimum atomic E-state index is -0.763. The van der Waals surface area contributed by atoms with Crippen molar-refractivity contribution >= 4 is 29.0 Å². The first kappa shape index (κ1) is 16.8. The minimum Gasteiger partial charge on any atom is -0.469 e. The lowest BCUT2D eigenvalue weighted by Gasteiger charge is -2.35. The van der Waals surface area contributed by atoms with Crippen molar-refractivity contribution in [2.24, 2.45) is 10.4 Å². The zero-order valence-corrected chi connectivity index (χ0v) is 16.1. The molecule has 2 aromatic rings. The standard InChI is InChI=1S/C22H21ClN2O2/c1-21(20(26)27-2)17(13-7-9-14(23)10-8-13)18-22(11-12-24-18)15-5-3-4-6-16(15)25-19(21)22/h3-10,17,19,25H,11-12H2,1-2H3/t17-,19+,21?,22-/m1/s1. The number of anilines is 1. The van der Waals surface area contributed by atoms with Gasteiger partial charge in [-0.25, -0.2) is 0 Å². The van der Waals surface area contributed by atoms with Crippen LogP contribution in [0.15, 0.2) is 53.5 Å². The van der Waals surface area contributed by atoms with E-state index in [1.54, 1.807) is 0 Å². The smallest absolute Gasteiger partial charge is 0.314 e. The van der Waals surface area contributed by atoms with E-state index in [9.17, 15) is 4.79 Å². The molecule has 0 radical (unpaired) electrons. The number of methoxy groups -OCH3 is 1. The van der Waals surface area contributed by atoms with Crippen LogP contribution < -0.4 is 5.32 Å². The molecule has 0 saturated heterocycles. The summed E-state index contributed by atoms with van der Waals surface area (Å²) >= 11 is 6.12. The van der Waals surface area contributed by atoms with E-state index in [0.29, 0.717) is 5.02 Å². The summed E-state index contributed by atoms with van der Waals surface area (Å²) in [5.74, 6) is -0.347. The molecular formula is C22H21ClN2O2. The maximum atomic E-state index is 13.2. The number of ether oxygens (including phenoxy) is 1. The van der Waals surface area contributed by atoms with Gasteiger partial charge in [0.25, 0.3) is 0 Å². The normalized spacial score (nSPS) is 32.9. The Morgan fingerprint density at radius 3 is 2.70 bits per heavy atom. The number of fused-ring (bicyclic) bond motifs is 1. The fraction of sp³-hybridized carbons (Fsp3) is 0.364. The maximum Gasteiger partial charge on any atom is 0.314 e. The Hall–Kier alpha value is -2.33. The monoisotopic (exact) mass is 380 g/mol. The third-order valence-electron chi connectivity index (χ3n) is 6.75. The van der Waals surface area contributed by atoms with Crippen molar-refractivity contribution in [3.05, 3.63) is 64.7 Å². The van der Waals surface area contributed by atoms with E-state index in [1.807, 2.05) is 37.3 Å². The van der Waals surface area contributed by atoms with Crippen molar-refractivity contribution in [1.29, 1.82) is 0 Å². The minimum absolute atomic E-state index is 0.0863. The van der Waals surface area contributed by atoms with Crippen LogP contribution in [-0.2, 0) is 14.9 Å². The molecule has 0 bridgehead atoms. The van der Waals surface area contributed by atoms with E-state index in [4.69, 9.17) is 21.3 Å². The van der Waals surface area contributed by atoms with Gasteiger partial charge in [-0.1, -0.05) is 41.9 Å². The molecule has 5 heteroatoms. The number of hydrogen-bond donors (Lipinski definition) is 1. The van der Waals surface area contributed by atoms with Crippen molar-refractivity contribution in [1.82, 2.24) is 0 Å². The summed E-state index contributed by atoms with van der Waals surface area (Å²) in [5.41, 5.74) is 3.48. The molecular weight excluding hydrogens is 360 g/mol. The van der Waals surface area contributed by atoms with Crippen LogP contribution in [0.4, 0.5) is 5.69 Å². The third-order valence-corrected chi connectivity index (χ3v) is 7.00. The Morgan fingerprint density at radius 2 is 1.96 bits per heavy atom. The highest BCUT2D eigenvalue weighted by molar-refractivity contribution is 6.30. The van der Waals surface area contributed by atoms with Crippen molar-refractivity contribution in [2.75, 3.05) is 19.0 Å². The highest BCUT2D eigenvalue weighted by Gasteiger charge is 2.71. The number of halogens is 1. The van der Waals surface area contributed by atoms with E-state index in [1.165, 1.54) is 12.7 Å². The molecule has 4 nitrogen and oxygen atoms in total. The molecule has 1 aliphatic carbocycles. The van der Waals surface area contributed by atoms with Gasteiger partial charge in [0.2, 0.25) is 0 Å². The Morgan fingerprint density at radius 1 is 1.22 bits per heavy atom. The van der Waals surface area contributed by atoms with Crippen LogP contribution in [0.5, 0.6) is 0 Å². The average molecular weight is 381 g/mol. The SMILES string of the molecule is COC(=O)C1(C)[C@H](c2ccc(Cl)cc2)C2=NCC[C@@]23c2ccccc2N[C@@H]13. The van der Waals surface area contributed by atoms with Gasteiger partial charge in [0.05, 0.1) is 24.0 Å². The molecule has 1 saturated carbocycles. The molecule has 138 valence electrons. The predicted molar refractivity (Wildman–Crippen MR) is 107 cm³/mol. The summed E-state index contributed by atoms with van der Waals surface area (Å²) < 4.78 is 5.32. The first-order chi connectivity index (χ1) is 13.0. The number of carbonyl (C=O) groups excluding carboxylic acids is 1. The summed E-state index contributed by atoms with van der Waals surface area (Å²) in [4.78, 5) is 18.1. The van der Waals surface area contributed by atoms with Crippen molar-refractivity contribution in [3.63, 3.8) is 0 Å². The van der Waals surface area contributed by atoms with E-state index in [-0.39, 0.29) is 23.3 Å². The second-order valence-corrected chi connectivity index (χ2v) is 8.31. The fourth-order valence-electron chi connectivity index (χ4n) is 5.70. The van der Waals surface area contributed by atoms with Gasteiger partial charge in [0.15, 0.2) is 0 Å². The van der Waals surface area contributed by atoms with Gasteiger partial charge >= 0.3 is 5.97 Å². The number of rotatable bonds is 2. The summed E-state index contributed by atoms with van der Waals surface area (Å²) in [6.45, 7) is 2.80. The molecule has 0 amide bonds. The molecule has 1 spiro atoms. The van der Waals surface area contributed by atoms with Crippen molar-refractivity contribution < 1.29 is 9.53 Å². The van der Waals surface area contributed by atoms with Crippen LogP contribution in [0.3, 0.4) is 0 Å². The Bertz CT molecular complexity index is 971. The lowest BCUT2D eigenvalue weighted by atomic mass is 9.71. The summed E-state index contributed by atoms with van der Waals surface area (Å²) in [6.07, 6.45) is 0.910. The lowest BCUT2D eigenvalue weighted by molar-refractivity contribution is -0.152. The molecule has 0 aromatic heterocycles. The fourth-order valence-corrected chi connectivity index (χ4v) is 5.82. The van der Waals surface area contributed by atoms with Crippen molar-refractivity contribution in [2.45, 2.75) is 30.7 Å². The molecule has 1 N–H and O–H groups in total. The van der Waals surface area contributed by atoms with E-state index in [0.717, 1.165) is 29.9 Å². The van der Waals surface area contributed by atoms with Crippen molar-refractivity contribution in [3.8, 4) is 0 Å².